The van der Waals surface area contributed by atoms with Gasteiger partial charge in [-0.25, -0.2) is 8.42 Å². The smallest absolute Gasteiger partial charge is 0.207 e. The molecular formula is C19H25NO2S. The van der Waals surface area contributed by atoms with E-state index in [9.17, 15) is 8.42 Å². The molecule has 1 aliphatic heterocycles. The molecule has 0 aromatic heterocycles. The molecule has 1 saturated heterocycles. The summed E-state index contributed by atoms with van der Waals surface area (Å²) in [6, 6.07) is 7.16. The zero-order chi connectivity index (χ0) is 16.8. The second-order valence-electron chi connectivity index (χ2n) is 7.12. The van der Waals surface area contributed by atoms with Crippen molar-refractivity contribution in [2.75, 3.05) is 13.1 Å². The fourth-order valence-corrected chi connectivity index (χ4v) is 5.29. The van der Waals surface area contributed by atoms with Crippen LogP contribution in [-0.2, 0) is 10.0 Å². The van der Waals surface area contributed by atoms with Crippen LogP contribution in [0.3, 0.4) is 0 Å². The van der Waals surface area contributed by atoms with E-state index >= 15 is 0 Å². The summed E-state index contributed by atoms with van der Waals surface area (Å²) in [5, 5.41) is 0. The van der Waals surface area contributed by atoms with Crippen LogP contribution in [0.2, 0.25) is 0 Å². The van der Waals surface area contributed by atoms with Crippen LogP contribution in [0.15, 0.2) is 52.0 Å². The number of hydrogen-bond donors (Lipinski definition) is 0. The maximum absolute atomic E-state index is 12.9. The van der Waals surface area contributed by atoms with Gasteiger partial charge in [0, 0.05) is 19.0 Å². The average Bonchev–Trinajstić information content (AvgIpc) is 2.91. The quantitative estimate of drug-likeness (QED) is 0.770. The highest BCUT2D eigenvalue weighted by Crippen LogP contribution is 2.41. The lowest BCUT2D eigenvalue weighted by molar-refractivity contribution is 0.466. The molecule has 0 spiro atoms. The van der Waals surface area contributed by atoms with E-state index in [-0.39, 0.29) is 0 Å². The van der Waals surface area contributed by atoms with Gasteiger partial charge in [0.1, 0.15) is 0 Å². The molecule has 3 nitrogen and oxygen atoms in total. The number of fused-ring (bicyclic) bond motifs is 1. The maximum atomic E-state index is 12.9. The zero-order valence-corrected chi connectivity index (χ0v) is 15.2. The number of benzene rings is 1. The van der Waals surface area contributed by atoms with Crippen LogP contribution in [0.4, 0.5) is 0 Å². The topological polar surface area (TPSA) is 37.4 Å². The van der Waals surface area contributed by atoms with Crippen molar-refractivity contribution in [3.8, 4) is 0 Å². The molecule has 0 N–H and O–H groups in total. The van der Waals surface area contributed by atoms with E-state index in [2.05, 4.69) is 26.8 Å². The summed E-state index contributed by atoms with van der Waals surface area (Å²) >= 11 is 0. The predicted octanol–water partition coefficient (Wildman–Crippen LogP) is 3.92. The summed E-state index contributed by atoms with van der Waals surface area (Å²) in [4.78, 5) is 0.404. The van der Waals surface area contributed by atoms with Gasteiger partial charge >= 0.3 is 0 Å². The molecule has 23 heavy (non-hydrogen) atoms. The van der Waals surface area contributed by atoms with Gasteiger partial charge in [0.25, 0.3) is 0 Å². The van der Waals surface area contributed by atoms with E-state index in [1.165, 1.54) is 16.7 Å². The molecule has 0 radical (unpaired) electrons. The molecule has 4 heteroatoms. The van der Waals surface area contributed by atoms with Gasteiger partial charge < -0.3 is 0 Å². The Kier molecular flexibility index (Phi) is 4.23. The minimum Gasteiger partial charge on any atom is -0.207 e. The van der Waals surface area contributed by atoms with Gasteiger partial charge in [0.2, 0.25) is 10.0 Å². The molecule has 2 atom stereocenters. The third kappa shape index (κ3) is 3.02. The van der Waals surface area contributed by atoms with Crippen molar-refractivity contribution < 1.29 is 8.42 Å². The maximum Gasteiger partial charge on any atom is 0.243 e. The minimum absolute atomic E-state index is 0.314. The highest BCUT2D eigenvalue weighted by Gasteiger charge is 2.41. The summed E-state index contributed by atoms with van der Waals surface area (Å²) in [5.74, 6) is 0.651. The van der Waals surface area contributed by atoms with Crippen LogP contribution in [0.5, 0.6) is 0 Å². The molecule has 1 aromatic rings. The average molecular weight is 331 g/mol. The Balaban J connectivity index is 1.92. The first-order valence-electron chi connectivity index (χ1n) is 8.19. The van der Waals surface area contributed by atoms with E-state index in [1.807, 2.05) is 19.1 Å². The van der Waals surface area contributed by atoms with Crippen molar-refractivity contribution in [3.05, 3.63) is 52.6 Å². The first-order valence-corrected chi connectivity index (χ1v) is 9.63. The van der Waals surface area contributed by atoms with E-state index in [0.29, 0.717) is 29.8 Å². The van der Waals surface area contributed by atoms with Crippen molar-refractivity contribution in [2.24, 2.45) is 11.8 Å². The van der Waals surface area contributed by atoms with E-state index in [1.54, 1.807) is 16.4 Å². The molecule has 1 fully saturated rings. The summed E-state index contributed by atoms with van der Waals surface area (Å²) < 4.78 is 27.5. The number of allylic oxidation sites excluding steroid dienone is 2. The lowest BCUT2D eigenvalue weighted by Gasteiger charge is -2.27. The summed E-state index contributed by atoms with van der Waals surface area (Å²) in [7, 11) is -3.40. The van der Waals surface area contributed by atoms with Gasteiger partial charge in [0.15, 0.2) is 0 Å². The molecule has 3 rings (SSSR count). The molecule has 0 amide bonds. The largest absolute Gasteiger partial charge is 0.243 e. The Morgan fingerprint density at radius 2 is 1.74 bits per heavy atom. The predicted molar refractivity (Wildman–Crippen MR) is 93.7 cm³/mol. The van der Waals surface area contributed by atoms with E-state index < -0.39 is 10.0 Å². The first kappa shape index (κ1) is 16.5. The Labute approximate surface area is 139 Å². The van der Waals surface area contributed by atoms with Gasteiger partial charge in [-0.2, -0.15) is 4.31 Å². The Hall–Kier alpha value is -1.39. The van der Waals surface area contributed by atoms with Crippen LogP contribution < -0.4 is 0 Å². The molecule has 0 saturated carbocycles. The lowest BCUT2D eigenvalue weighted by Crippen LogP contribution is -2.29. The zero-order valence-electron chi connectivity index (χ0n) is 14.3. The summed E-state index contributed by atoms with van der Waals surface area (Å²) in [5.41, 5.74) is 5.19. The molecule has 0 bridgehead atoms. The monoisotopic (exact) mass is 331 g/mol. The van der Waals surface area contributed by atoms with Crippen molar-refractivity contribution in [3.63, 3.8) is 0 Å². The Morgan fingerprint density at radius 3 is 2.35 bits per heavy atom. The second kappa shape index (κ2) is 5.91. The van der Waals surface area contributed by atoms with Gasteiger partial charge in [-0.1, -0.05) is 40.5 Å². The highest BCUT2D eigenvalue weighted by molar-refractivity contribution is 7.89. The van der Waals surface area contributed by atoms with Gasteiger partial charge in [-0.3, -0.25) is 0 Å². The fraction of sp³-hybridized carbons (Fsp3) is 0.474. The van der Waals surface area contributed by atoms with Crippen molar-refractivity contribution in [1.82, 2.24) is 4.31 Å². The third-order valence-electron chi connectivity index (χ3n) is 5.05. The van der Waals surface area contributed by atoms with Crippen molar-refractivity contribution >= 4 is 10.0 Å². The van der Waals surface area contributed by atoms with Gasteiger partial charge in [-0.15, -0.1) is 0 Å². The number of aryl methyl sites for hydroxylation is 1. The van der Waals surface area contributed by atoms with Crippen LogP contribution >= 0.6 is 0 Å². The SMILES string of the molecule is CC1=C[C@@H]2CN(S(=O)(=O)c3ccc(C)cc3)C[C@H]2C(=C(C)C)C1. The molecule has 1 aliphatic carbocycles. The molecule has 2 aliphatic rings. The Morgan fingerprint density at radius 1 is 1.09 bits per heavy atom. The Bertz CT molecular complexity index is 768. The molecule has 124 valence electrons. The van der Waals surface area contributed by atoms with Crippen LogP contribution in [0.1, 0.15) is 32.8 Å². The molecule has 1 aromatic carbocycles. The number of sulfonamides is 1. The second-order valence-corrected chi connectivity index (χ2v) is 9.06. The van der Waals surface area contributed by atoms with E-state index in [4.69, 9.17) is 0 Å². The summed E-state index contributed by atoms with van der Waals surface area (Å²) in [6.45, 7) is 9.59. The van der Waals surface area contributed by atoms with Gasteiger partial charge in [-0.05, 0) is 52.2 Å². The summed E-state index contributed by atoms with van der Waals surface area (Å²) in [6.07, 6.45) is 3.27. The van der Waals surface area contributed by atoms with Crippen LogP contribution in [0.25, 0.3) is 0 Å². The standard InChI is InChI=1S/C19H25NO2S/c1-13(2)18-10-15(4)9-16-11-20(12-19(16)18)23(21,22)17-7-5-14(3)6-8-17/h5-9,16,19H,10-12H2,1-4H3/t16-,19-/m1/s1. The first-order chi connectivity index (χ1) is 10.8. The lowest BCUT2D eigenvalue weighted by atomic mass is 9.78. The molecule has 1 heterocycles. The van der Waals surface area contributed by atoms with Crippen LogP contribution in [-0.4, -0.2) is 25.8 Å². The minimum atomic E-state index is -3.40. The normalized spacial score (nSPS) is 25.2. The highest BCUT2D eigenvalue weighted by atomic mass is 32.2. The number of nitrogens with zero attached hydrogens (tertiary/aromatic N) is 1. The van der Waals surface area contributed by atoms with Gasteiger partial charge in [0.05, 0.1) is 4.90 Å². The van der Waals surface area contributed by atoms with Crippen LogP contribution in [0, 0.1) is 18.8 Å². The number of hydrogen-bond acceptors (Lipinski definition) is 2. The number of rotatable bonds is 2. The molecule has 0 unspecified atom stereocenters. The fourth-order valence-electron chi connectivity index (χ4n) is 3.79. The molecular weight excluding hydrogens is 306 g/mol. The van der Waals surface area contributed by atoms with Crippen molar-refractivity contribution in [1.29, 1.82) is 0 Å². The van der Waals surface area contributed by atoms with Crippen molar-refractivity contribution in [2.45, 2.75) is 39.0 Å². The van der Waals surface area contributed by atoms with E-state index in [0.717, 1.165) is 12.0 Å². The third-order valence-corrected chi connectivity index (χ3v) is 6.89.